The van der Waals surface area contributed by atoms with E-state index in [-0.39, 0.29) is 5.91 Å². The van der Waals surface area contributed by atoms with Gasteiger partial charge in [-0.25, -0.2) is 0 Å². The first-order chi connectivity index (χ1) is 11.6. The van der Waals surface area contributed by atoms with Crippen LogP contribution in [0, 0.1) is 19.8 Å². The Balaban J connectivity index is 1.44. The molecule has 0 unspecified atom stereocenters. The van der Waals surface area contributed by atoms with E-state index in [9.17, 15) is 4.79 Å². The van der Waals surface area contributed by atoms with Gasteiger partial charge < -0.3 is 5.32 Å². The number of hydrogen-bond acceptors (Lipinski definition) is 3. The number of hydrogen-bond donors (Lipinski definition) is 1. The first-order valence-corrected chi connectivity index (χ1v) is 8.66. The molecule has 5 nitrogen and oxygen atoms in total. The number of nitrogens with zero attached hydrogens (tertiary/aromatic N) is 3. The van der Waals surface area contributed by atoms with Crippen molar-refractivity contribution >= 4 is 11.6 Å². The molecule has 3 rings (SSSR count). The fraction of sp³-hybridized carbons (Fsp3) is 0.474. The second-order valence-corrected chi connectivity index (χ2v) is 6.87. The van der Waals surface area contributed by atoms with Crippen LogP contribution in [0.4, 0.5) is 5.69 Å². The van der Waals surface area contributed by atoms with E-state index in [0.717, 1.165) is 38.2 Å². The summed E-state index contributed by atoms with van der Waals surface area (Å²) in [4.78, 5) is 14.5. The molecule has 0 radical (unpaired) electrons. The molecular formula is C19H26N4O. The van der Waals surface area contributed by atoms with Crippen molar-refractivity contribution in [1.29, 1.82) is 0 Å². The highest BCUT2D eigenvalue weighted by Gasteiger charge is 2.21. The van der Waals surface area contributed by atoms with E-state index in [1.807, 2.05) is 49.1 Å². The molecule has 1 aromatic carbocycles. The van der Waals surface area contributed by atoms with Gasteiger partial charge in [-0.3, -0.25) is 14.4 Å². The zero-order chi connectivity index (χ0) is 16.9. The van der Waals surface area contributed by atoms with Gasteiger partial charge in [-0.15, -0.1) is 0 Å². The van der Waals surface area contributed by atoms with Gasteiger partial charge in [0.15, 0.2) is 0 Å². The van der Waals surface area contributed by atoms with E-state index in [1.54, 1.807) is 0 Å². The Bertz CT molecular complexity index is 652. The van der Waals surface area contributed by atoms with Gasteiger partial charge >= 0.3 is 0 Å². The molecule has 2 aromatic rings. The molecule has 1 aromatic heterocycles. The van der Waals surface area contributed by atoms with Crippen molar-refractivity contribution in [3.8, 4) is 0 Å². The Morgan fingerprint density at radius 2 is 1.92 bits per heavy atom. The zero-order valence-electron chi connectivity index (χ0n) is 14.5. The van der Waals surface area contributed by atoms with Crippen LogP contribution in [0.2, 0.25) is 0 Å². The lowest BCUT2D eigenvalue weighted by Crippen LogP contribution is -2.40. The predicted molar refractivity (Wildman–Crippen MR) is 95.9 cm³/mol. The van der Waals surface area contributed by atoms with Crippen molar-refractivity contribution < 1.29 is 4.79 Å². The van der Waals surface area contributed by atoms with E-state index >= 15 is 0 Å². The molecule has 0 saturated carbocycles. The summed E-state index contributed by atoms with van der Waals surface area (Å²) in [6.07, 6.45) is 6.09. The number of carbonyl (C=O) groups excluding carboxylic acids is 1. The standard InChI is InChI=1S/C19H26N4O/c1-15-10-16(2)12-18(11-15)21-19(24)14-22-8-4-17(5-9-22)13-23-7-3-6-20-23/h3,6-7,10-12,17H,4-5,8-9,13-14H2,1-2H3,(H,21,24). The lowest BCUT2D eigenvalue weighted by molar-refractivity contribution is -0.117. The average molecular weight is 326 g/mol. The normalized spacial score (nSPS) is 16.2. The van der Waals surface area contributed by atoms with Gasteiger partial charge in [0.2, 0.25) is 5.91 Å². The van der Waals surface area contributed by atoms with Gasteiger partial charge in [-0.05, 0) is 75.0 Å². The molecule has 24 heavy (non-hydrogen) atoms. The highest BCUT2D eigenvalue weighted by molar-refractivity contribution is 5.92. The fourth-order valence-electron chi connectivity index (χ4n) is 3.45. The van der Waals surface area contributed by atoms with E-state index in [4.69, 9.17) is 0 Å². The number of carbonyl (C=O) groups is 1. The molecule has 1 N–H and O–H groups in total. The number of benzene rings is 1. The fourth-order valence-corrected chi connectivity index (χ4v) is 3.45. The number of aryl methyl sites for hydroxylation is 2. The van der Waals surface area contributed by atoms with Crippen LogP contribution in [-0.4, -0.2) is 40.2 Å². The highest BCUT2D eigenvalue weighted by Crippen LogP contribution is 2.19. The number of nitrogens with one attached hydrogen (secondary N) is 1. The topological polar surface area (TPSA) is 50.2 Å². The Morgan fingerprint density at radius 3 is 2.54 bits per heavy atom. The molecule has 0 aliphatic carbocycles. The smallest absolute Gasteiger partial charge is 0.238 e. The Labute approximate surface area is 143 Å². The quantitative estimate of drug-likeness (QED) is 0.919. The lowest BCUT2D eigenvalue weighted by Gasteiger charge is -2.31. The van der Waals surface area contributed by atoms with Crippen molar-refractivity contribution in [2.45, 2.75) is 33.2 Å². The van der Waals surface area contributed by atoms with Gasteiger partial charge in [-0.1, -0.05) is 6.07 Å². The van der Waals surface area contributed by atoms with Crippen LogP contribution in [0.15, 0.2) is 36.7 Å². The van der Waals surface area contributed by atoms with E-state index in [2.05, 4.69) is 21.4 Å². The van der Waals surface area contributed by atoms with E-state index in [1.165, 1.54) is 11.1 Å². The van der Waals surface area contributed by atoms with Crippen LogP contribution in [0.25, 0.3) is 0 Å². The summed E-state index contributed by atoms with van der Waals surface area (Å²) < 4.78 is 2.01. The molecule has 5 heteroatoms. The van der Waals surface area contributed by atoms with Crippen LogP contribution < -0.4 is 5.32 Å². The average Bonchev–Trinajstić information content (AvgIpc) is 3.01. The van der Waals surface area contributed by atoms with Gasteiger partial charge in [0, 0.05) is 24.6 Å². The summed E-state index contributed by atoms with van der Waals surface area (Å²) >= 11 is 0. The maximum atomic E-state index is 12.3. The summed E-state index contributed by atoms with van der Waals surface area (Å²) in [7, 11) is 0. The van der Waals surface area contributed by atoms with Crippen LogP contribution >= 0.6 is 0 Å². The third-order valence-electron chi connectivity index (χ3n) is 4.58. The zero-order valence-corrected chi connectivity index (χ0v) is 14.5. The second kappa shape index (κ2) is 7.62. The molecule has 1 aliphatic heterocycles. The van der Waals surface area contributed by atoms with Crippen molar-refractivity contribution in [1.82, 2.24) is 14.7 Å². The van der Waals surface area contributed by atoms with Crippen LogP contribution in [0.3, 0.4) is 0 Å². The molecule has 0 spiro atoms. The SMILES string of the molecule is Cc1cc(C)cc(NC(=O)CN2CCC(Cn3cccn3)CC2)c1. The lowest BCUT2D eigenvalue weighted by atomic mass is 9.97. The molecule has 0 atom stereocenters. The summed E-state index contributed by atoms with van der Waals surface area (Å²) in [5.41, 5.74) is 3.24. The van der Waals surface area contributed by atoms with Crippen LogP contribution in [0.1, 0.15) is 24.0 Å². The maximum absolute atomic E-state index is 12.3. The number of aromatic nitrogens is 2. The number of anilines is 1. The second-order valence-electron chi connectivity index (χ2n) is 6.87. The van der Waals surface area contributed by atoms with Crippen molar-refractivity contribution in [3.63, 3.8) is 0 Å². The maximum Gasteiger partial charge on any atom is 0.238 e. The predicted octanol–water partition coefficient (Wildman–Crippen LogP) is 2.85. The number of amides is 1. The van der Waals surface area contributed by atoms with Crippen molar-refractivity contribution in [3.05, 3.63) is 47.8 Å². The van der Waals surface area contributed by atoms with E-state index < -0.39 is 0 Å². The number of piperidine rings is 1. The Hall–Kier alpha value is -2.14. The first kappa shape index (κ1) is 16.7. The number of rotatable bonds is 5. The van der Waals surface area contributed by atoms with Gasteiger partial charge in [0.05, 0.1) is 6.54 Å². The third-order valence-corrected chi connectivity index (χ3v) is 4.58. The molecule has 0 bridgehead atoms. The monoisotopic (exact) mass is 326 g/mol. The molecule has 1 fully saturated rings. The molecule has 1 aliphatic rings. The molecule has 128 valence electrons. The Kier molecular flexibility index (Phi) is 5.30. The minimum absolute atomic E-state index is 0.0746. The van der Waals surface area contributed by atoms with Gasteiger partial charge in [0.1, 0.15) is 0 Å². The summed E-state index contributed by atoms with van der Waals surface area (Å²) in [5.74, 6) is 0.731. The van der Waals surface area contributed by atoms with E-state index in [0.29, 0.717) is 12.5 Å². The minimum atomic E-state index is 0.0746. The molecule has 1 saturated heterocycles. The third kappa shape index (κ3) is 4.68. The van der Waals surface area contributed by atoms with Crippen molar-refractivity contribution in [2.75, 3.05) is 25.0 Å². The van der Waals surface area contributed by atoms with Gasteiger partial charge in [-0.2, -0.15) is 5.10 Å². The first-order valence-electron chi connectivity index (χ1n) is 8.66. The molecular weight excluding hydrogens is 300 g/mol. The number of likely N-dealkylation sites (tertiary alicyclic amines) is 1. The summed E-state index contributed by atoms with van der Waals surface area (Å²) in [6, 6.07) is 8.11. The van der Waals surface area contributed by atoms with Crippen LogP contribution in [0.5, 0.6) is 0 Å². The minimum Gasteiger partial charge on any atom is -0.325 e. The Morgan fingerprint density at radius 1 is 1.21 bits per heavy atom. The van der Waals surface area contributed by atoms with Crippen LogP contribution in [-0.2, 0) is 11.3 Å². The summed E-state index contributed by atoms with van der Waals surface area (Å²) in [5, 5.41) is 7.30. The highest BCUT2D eigenvalue weighted by atomic mass is 16.2. The largest absolute Gasteiger partial charge is 0.325 e. The summed E-state index contributed by atoms with van der Waals surface area (Å²) in [6.45, 7) is 7.51. The molecule has 1 amide bonds. The van der Waals surface area contributed by atoms with Gasteiger partial charge in [0.25, 0.3) is 0 Å². The van der Waals surface area contributed by atoms with Crippen molar-refractivity contribution in [2.24, 2.45) is 5.92 Å². The molecule has 2 heterocycles.